The van der Waals surface area contributed by atoms with E-state index in [-0.39, 0.29) is 43.0 Å². The maximum absolute atomic E-state index is 14.6. The molecule has 1 unspecified atom stereocenters. The molecule has 2 amide bonds. The first-order valence-corrected chi connectivity index (χ1v) is 18.5. The van der Waals surface area contributed by atoms with Crippen LogP contribution in [0.5, 0.6) is 5.75 Å². The van der Waals surface area contributed by atoms with Gasteiger partial charge in [-0.1, -0.05) is 52.8 Å². The molecule has 4 N–H and O–H groups in total. The van der Waals surface area contributed by atoms with E-state index in [2.05, 4.69) is 57.5 Å². The highest BCUT2D eigenvalue weighted by Gasteiger charge is 2.57. The van der Waals surface area contributed by atoms with Crippen molar-refractivity contribution >= 4 is 17.5 Å². The molecule has 10 heteroatoms. The van der Waals surface area contributed by atoms with Gasteiger partial charge >= 0.3 is 0 Å². The van der Waals surface area contributed by atoms with E-state index in [0.29, 0.717) is 40.4 Å². The number of hydroxylamine groups is 2. The van der Waals surface area contributed by atoms with Crippen molar-refractivity contribution in [2.75, 3.05) is 46.3 Å². The summed E-state index contributed by atoms with van der Waals surface area (Å²) < 4.78 is 6.08. The molecule has 2 aromatic rings. The van der Waals surface area contributed by atoms with Crippen LogP contribution in [0.4, 0.5) is 5.69 Å². The maximum Gasteiger partial charge on any atom is 0.251 e. The predicted molar refractivity (Wildman–Crippen MR) is 199 cm³/mol. The zero-order valence-corrected chi connectivity index (χ0v) is 31.9. The number of carbonyl (C=O) groups is 2. The molecular weight excluding hydrogens is 630 g/mol. The number of hydrogen-bond acceptors (Lipinski definition) is 8. The topological polar surface area (TPSA) is 115 Å². The number of nitrogens with one attached hydrogen (secondary N) is 3. The number of benzene rings is 2. The van der Waals surface area contributed by atoms with E-state index >= 15 is 0 Å². The summed E-state index contributed by atoms with van der Waals surface area (Å²) in [7, 11) is 7.16. The minimum Gasteiger partial charge on any atom is -0.496 e. The van der Waals surface area contributed by atoms with Crippen LogP contribution in [0.2, 0.25) is 0 Å². The van der Waals surface area contributed by atoms with Crippen LogP contribution >= 0.6 is 0 Å². The maximum atomic E-state index is 14.6. The number of carbonyl (C=O) groups excluding carboxylic acids is 2. The van der Waals surface area contributed by atoms with Crippen LogP contribution < -0.4 is 25.6 Å². The number of amides is 2. The molecule has 1 saturated heterocycles. The molecular formula is C40H61N5O5. The molecule has 1 heterocycles. The molecule has 0 radical (unpaired) electrons. The molecule has 4 aliphatic rings. The van der Waals surface area contributed by atoms with Gasteiger partial charge in [-0.2, -0.15) is 5.06 Å². The van der Waals surface area contributed by atoms with Crippen molar-refractivity contribution in [2.45, 2.75) is 91.6 Å². The third kappa shape index (κ3) is 7.54. The van der Waals surface area contributed by atoms with Crippen molar-refractivity contribution in [3.63, 3.8) is 0 Å². The van der Waals surface area contributed by atoms with Crippen molar-refractivity contribution in [2.24, 2.45) is 35.0 Å². The van der Waals surface area contributed by atoms with Gasteiger partial charge in [0.05, 0.1) is 20.3 Å². The Hall–Kier alpha value is -3.18. The largest absolute Gasteiger partial charge is 0.496 e. The fourth-order valence-electron chi connectivity index (χ4n) is 8.89. The van der Waals surface area contributed by atoms with Gasteiger partial charge < -0.3 is 30.7 Å². The van der Waals surface area contributed by atoms with Gasteiger partial charge in [0.1, 0.15) is 17.9 Å². The van der Waals surface area contributed by atoms with Crippen LogP contribution in [0.15, 0.2) is 36.4 Å². The Morgan fingerprint density at radius 3 is 2.48 bits per heavy atom. The first-order chi connectivity index (χ1) is 23.7. The van der Waals surface area contributed by atoms with Gasteiger partial charge in [-0.05, 0) is 85.6 Å². The van der Waals surface area contributed by atoms with Crippen LogP contribution in [0.1, 0.15) is 76.7 Å². The minimum atomic E-state index is -0.627. The summed E-state index contributed by atoms with van der Waals surface area (Å²) in [6.07, 6.45) is 2.69. The first kappa shape index (κ1) is 38.1. The molecule has 3 saturated carbocycles. The number of hydrogen-bond donors (Lipinski definition) is 4. The fraction of sp³-hybridized carbons (Fsp3) is 0.650. The zero-order valence-electron chi connectivity index (χ0n) is 31.9. The van der Waals surface area contributed by atoms with Crippen molar-refractivity contribution in [3.8, 4) is 16.9 Å². The normalized spacial score (nSPS) is 27.8. The summed E-state index contributed by atoms with van der Waals surface area (Å²) in [6.45, 7) is 14.4. The SMILES string of the molecule is CNC(=O)c1cc(-c2cccc(CN3O[C@@H](CO)[C@@H](C(C)NCCC(C)C)[C@H]3C(=O)N[C@H]3C[C@H]4C[C@H]([C@@H]3C)C4(C)C)c2OC)cc(N(C)C)c1. The number of aliphatic hydroxyl groups is 1. The fourth-order valence-corrected chi connectivity index (χ4v) is 8.89. The molecule has 2 bridgehead atoms. The van der Waals surface area contributed by atoms with Gasteiger partial charge in [0.25, 0.3) is 5.91 Å². The first-order valence-electron chi connectivity index (χ1n) is 18.5. The monoisotopic (exact) mass is 691 g/mol. The van der Waals surface area contributed by atoms with E-state index in [0.717, 1.165) is 41.8 Å². The molecule has 3 aliphatic carbocycles. The highest BCUT2D eigenvalue weighted by atomic mass is 16.7. The Bertz CT molecular complexity index is 1510. The molecule has 50 heavy (non-hydrogen) atoms. The number of methoxy groups -OCH3 is 1. The second kappa shape index (κ2) is 15.6. The van der Waals surface area contributed by atoms with Crippen molar-refractivity contribution in [1.29, 1.82) is 0 Å². The molecule has 2 aromatic carbocycles. The van der Waals surface area contributed by atoms with E-state index in [9.17, 15) is 14.7 Å². The van der Waals surface area contributed by atoms with Crippen LogP contribution in [-0.2, 0) is 16.2 Å². The number of rotatable bonds is 14. The van der Waals surface area contributed by atoms with Gasteiger partial charge in [-0.15, -0.1) is 0 Å². The minimum absolute atomic E-state index is 0.0524. The van der Waals surface area contributed by atoms with E-state index in [4.69, 9.17) is 9.57 Å². The van der Waals surface area contributed by atoms with Crippen LogP contribution in [-0.4, -0.2) is 87.6 Å². The van der Waals surface area contributed by atoms with Crippen LogP contribution in [0, 0.1) is 35.0 Å². The summed E-state index contributed by atoms with van der Waals surface area (Å²) in [4.78, 5) is 35.8. The second-order valence-corrected chi connectivity index (χ2v) is 16.2. The number of fused-ring (bicyclic) bond motifs is 2. The van der Waals surface area contributed by atoms with Crippen molar-refractivity contribution in [3.05, 3.63) is 47.5 Å². The van der Waals surface area contributed by atoms with Gasteiger partial charge in [0.2, 0.25) is 5.91 Å². The summed E-state index contributed by atoms with van der Waals surface area (Å²) in [6, 6.07) is 11.1. The second-order valence-electron chi connectivity index (χ2n) is 16.2. The standard InChI is InChI=1S/C40H61N5O5/c1-23(2)14-15-42-25(4)35-34(22-46)50-45(36(35)39(48)43-33-20-29-19-32(24(33)3)40(29,5)6)21-26-12-11-13-31(37(26)49-10)27-16-28(38(47)41-7)18-30(17-27)44(8)9/h11-13,16-18,23-25,29,32-36,42,46H,14-15,19-22H2,1-10H3,(H,41,47)(H,43,48)/t24-,25?,29+,32+,33-,34-,35+,36-/m0/s1. The average molecular weight is 692 g/mol. The van der Waals surface area contributed by atoms with E-state index in [1.54, 1.807) is 19.2 Å². The van der Waals surface area contributed by atoms with Crippen LogP contribution in [0.3, 0.4) is 0 Å². The summed E-state index contributed by atoms with van der Waals surface area (Å²) in [5, 5.41) is 22.3. The molecule has 4 fully saturated rings. The lowest BCUT2D eigenvalue weighted by Crippen LogP contribution is -2.62. The Kier molecular flexibility index (Phi) is 11.9. The number of ether oxygens (including phenoxy) is 1. The lowest BCUT2D eigenvalue weighted by atomic mass is 9.45. The van der Waals surface area contributed by atoms with Gasteiger partial charge in [0, 0.05) is 61.5 Å². The quantitative estimate of drug-likeness (QED) is 0.217. The summed E-state index contributed by atoms with van der Waals surface area (Å²) >= 11 is 0. The van der Waals surface area contributed by atoms with Crippen molar-refractivity contribution in [1.82, 2.24) is 21.0 Å². The summed E-state index contributed by atoms with van der Waals surface area (Å²) in [5.74, 6) is 2.29. The Balaban J connectivity index is 1.48. The summed E-state index contributed by atoms with van der Waals surface area (Å²) in [5.41, 5.74) is 4.26. The van der Waals surface area contributed by atoms with Crippen molar-refractivity contribution < 1.29 is 24.3 Å². The van der Waals surface area contributed by atoms with Gasteiger partial charge in [-0.3, -0.25) is 14.4 Å². The number of nitrogens with zero attached hydrogens (tertiary/aromatic N) is 2. The molecule has 1 aliphatic heterocycles. The molecule has 0 aromatic heterocycles. The molecule has 10 nitrogen and oxygen atoms in total. The Labute approximate surface area is 299 Å². The molecule has 6 rings (SSSR count). The highest BCUT2D eigenvalue weighted by Crippen LogP contribution is 2.61. The van der Waals surface area contributed by atoms with Gasteiger partial charge in [-0.25, -0.2) is 0 Å². The third-order valence-corrected chi connectivity index (χ3v) is 12.1. The number of aliphatic hydroxyl groups excluding tert-OH is 1. The van der Waals surface area contributed by atoms with E-state index in [1.165, 1.54) is 6.42 Å². The lowest BCUT2D eigenvalue weighted by molar-refractivity contribution is -0.183. The van der Waals surface area contributed by atoms with Gasteiger partial charge in [0.15, 0.2) is 0 Å². The lowest BCUT2D eigenvalue weighted by Gasteiger charge is -2.62. The Morgan fingerprint density at radius 2 is 1.88 bits per heavy atom. The number of anilines is 1. The smallest absolute Gasteiger partial charge is 0.251 e. The zero-order chi connectivity index (χ0) is 36.5. The molecule has 0 spiro atoms. The molecule has 276 valence electrons. The number of para-hydroxylation sites is 1. The van der Waals surface area contributed by atoms with Crippen LogP contribution in [0.25, 0.3) is 11.1 Å². The predicted octanol–water partition coefficient (Wildman–Crippen LogP) is 5.09. The van der Waals surface area contributed by atoms with E-state index in [1.807, 2.05) is 55.4 Å². The molecule has 8 atom stereocenters. The highest BCUT2D eigenvalue weighted by molar-refractivity contribution is 5.97. The van der Waals surface area contributed by atoms with E-state index < -0.39 is 12.1 Å². The Morgan fingerprint density at radius 1 is 1.14 bits per heavy atom. The average Bonchev–Trinajstić information content (AvgIpc) is 3.46. The third-order valence-electron chi connectivity index (χ3n) is 12.1.